The molecular formula is C20H25NO2S. The first-order valence-corrected chi connectivity index (χ1v) is 9.20. The van der Waals surface area contributed by atoms with Gasteiger partial charge in [-0.05, 0) is 63.1 Å². The number of carbonyl (C=O) groups is 1. The summed E-state index contributed by atoms with van der Waals surface area (Å²) in [7, 11) is 0. The SMILES string of the molecule is CCOc1ccc(SCC(=O)NC(C)c2cc(C)ccc2C)cc1. The van der Waals surface area contributed by atoms with E-state index in [2.05, 4.69) is 37.4 Å². The molecule has 0 spiro atoms. The monoisotopic (exact) mass is 343 g/mol. The largest absolute Gasteiger partial charge is 0.494 e. The molecule has 1 amide bonds. The molecule has 0 aliphatic carbocycles. The van der Waals surface area contributed by atoms with Gasteiger partial charge in [0.15, 0.2) is 0 Å². The third kappa shape index (κ3) is 5.31. The second kappa shape index (κ2) is 8.78. The van der Waals surface area contributed by atoms with Crippen molar-refractivity contribution < 1.29 is 9.53 Å². The second-order valence-electron chi connectivity index (χ2n) is 5.84. The number of hydrogen-bond acceptors (Lipinski definition) is 3. The molecule has 1 unspecified atom stereocenters. The van der Waals surface area contributed by atoms with Crippen molar-refractivity contribution in [2.24, 2.45) is 0 Å². The van der Waals surface area contributed by atoms with E-state index in [0.29, 0.717) is 12.4 Å². The zero-order valence-electron chi connectivity index (χ0n) is 14.8. The summed E-state index contributed by atoms with van der Waals surface area (Å²) in [5.41, 5.74) is 3.59. The summed E-state index contributed by atoms with van der Waals surface area (Å²) >= 11 is 1.53. The molecule has 24 heavy (non-hydrogen) atoms. The van der Waals surface area contributed by atoms with Crippen molar-refractivity contribution in [1.82, 2.24) is 5.32 Å². The summed E-state index contributed by atoms with van der Waals surface area (Å²) in [4.78, 5) is 13.3. The molecule has 0 saturated heterocycles. The van der Waals surface area contributed by atoms with Gasteiger partial charge < -0.3 is 10.1 Å². The average Bonchev–Trinajstić information content (AvgIpc) is 2.56. The summed E-state index contributed by atoms with van der Waals surface area (Å²) in [5.74, 6) is 1.31. The van der Waals surface area contributed by atoms with Crippen molar-refractivity contribution in [2.75, 3.05) is 12.4 Å². The molecule has 0 aliphatic heterocycles. The summed E-state index contributed by atoms with van der Waals surface area (Å²) in [6, 6.07) is 14.2. The van der Waals surface area contributed by atoms with Crippen LogP contribution in [0, 0.1) is 13.8 Å². The maximum atomic E-state index is 12.2. The van der Waals surface area contributed by atoms with Crippen LogP contribution in [0.25, 0.3) is 0 Å². The minimum atomic E-state index is 0.0123. The number of carbonyl (C=O) groups excluding carboxylic acids is 1. The predicted molar refractivity (Wildman–Crippen MR) is 101 cm³/mol. The van der Waals surface area contributed by atoms with Crippen LogP contribution in [-0.2, 0) is 4.79 Å². The van der Waals surface area contributed by atoms with E-state index in [0.717, 1.165) is 10.6 Å². The topological polar surface area (TPSA) is 38.3 Å². The Morgan fingerprint density at radius 2 is 1.88 bits per heavy atom. The lowest BCUT2D eigenvalue weighted by molar-refractivity contribution is -0.119. The molecule has 1 atom stereocenters. The van der Waals surface area contributed by atoms with Crippen LogP contribution < -0.4 is 10.1 Å². The van der Waals surface area contributed by atoms with Crippen LogP contribution in [0.3, 0.4) is 0 Å². The van der Waals surface area contributed by atoms with Gasteiger partial charge >= 0.3 is 0 Å². The van der Waals surface area contributed by atoms with Gasteiger partial charge in [0.05, 0.1) is 18.4 Å². The zero-order valence-corrected chi connectivity index (χ0v) is 15.6. The number of hydrogen-bond donors (Lipinski definition) is 1. The van der Waals surface area contributed by atoms with Gasteiger partial charge in [0.1, 0.15) is 5.75 Å². The highest BCUT2D eigenvalue weighted by molar-refractivity contribution is 8.00. The van der Waals surface area contributed by atoms with Crippen LogP contribution in [0.2, 0.25) is 0 Å². The maximum absolute atomic E-state index is 12.2. The van der Waals surface area contributed by atoms with E-state index in [1.54, 1.807) is 0 Å². The van der Waals surface area contributed by atoms with Gasteiger partial charge in [-0.1, -0.05) is 23.8 Å². The summed E-state index contributed by atoms with van der Waals surface area (Å²) in [6.45, 7) is 8.79. The zero-order chi connectivity index (χ0) is 17.5. The molecule has 0 aromatic heterocycles. The fourth-order valence-electron chi connectivity index (χ4n) is 2.53. The van der Waals surface area contributed by atoms with E-state index < -0.39 is 0 Å². The van der Waals surface area contributed by atoms with E-state index in [9.17, 15) is 4.79 Å². The number of nitrogens with one attached hydrogen (secondary N) is 1. The maximum Gasteiger partial charge on any atom is 0.230 e. The molecule has 0 radical (unpaired) electrons. The second-order valence-corrected chi connectivity index (χ2v) is 6.89. The van der Waals surface area contributed by atoms with Gasteiger partial charge in [-0.15, -0.1) is 11.8 Å². The molecule has 2 aromatic carbocycles. The summed E-state index contributed by atoms with van der Waals surface area (Å²) < 4.78 is 5.42. The first-order valence-electron chi connectivity index (χ1n) is 8.21. The Bertz CT molecular complexity index is 683. The van der Waals surface area contributed by atoms with E-state index in [1.807, 2.05) is 38.1 Å². The fourth-order valence-corrected chi connectivity index (χ4v) is 3.24. The van der Waals surface area contributed by atoms with Crippen molar-refractivity contribution in [1.29, 1.82) is 0 Å². The van der Waals surface area contributed by atoms with Gasteiger partial charge in [0.2, 0.25) is 5.91 Å². The summed E-state index contributed by atoms with van der Waals surface area (Å²) in [5, 5.41) is 3.08. The van der Waals surface area contributed by atoms with E-state index in [1.165, 1.54) is 28.5 Å². The minimum Gasteiger partial charge on any atom is -0.494 e. The van der Waals surface area contributed by atoms with Crippen molar-refractivity contribution >= 4 is 17.7 Å². The van der Waals surface area contributed by atoms with E-state index in [-0.39, 0.29) is 11.9 Å². The quantitative estimate of drug-likeness (QED) is 0.742. The average molecular weight is 343 g/mol. The van der Waals surface area contributed by atoms with Gasteiger partial charge in [0, 0.05) is 4.90 Å². The Hall–Kier alpha value is -1.94. The van der Waals surface area contributed by atoms with Crippen LogP contribution in [0.4, 0.5) is 0 Å². The molecule has 0 fully saturated rings. The lowest BCUT2D eigenvalue weighted by Gasteiger charge is -2.17. The van der Waals surface area contributed by atoms with Crippen LogP contribution in [0.5, 0.6) is 5.75 Å². The Morgan fingerprint density at radius 1 is 1.17 bits per heavy atom. The lowest BCUT2D eigenvalue weighted by atomic mass is 10.00. The number of aryl methyl sites for hydroxylation is 2. The van der Waals surface area contributed by atoms with Crippen LogP contribution in [-0.4, -0.2) is 18.3 Å². The molecule has 2 rings (SSSR count). The van der Waals surface area contributed by atoms with Gasteiger partial charge in [-0.2, -0.15) is 0 Å². The van der Waals surface area contributed by atoms with Crippen LogP contribution in [0.1, 0.15) is 36.6 Å². The van der Waals surface area contributed by atoms with Crippen molar-refractivity contribution in [3.63, 3.8) is 0 Å². The number of thioether (sulfide) groups is 1. The molecule has 1 N–H and O–H groups in total. The van der Waals surface area contributed by atoms with E-state index >= 15 is 0 Å². The normalized spacial score (nSPS) is 11.8. The third-order valence-electron chi connectivity index (χ3n) is 3.78. The van der Waals surface area contributed by atoms with Crippen LogP contribution >= 0.6 is 11.8 Å². The standard InChI is InChI=1S/C20H25NO2S/c1-5-23-17-8-10-18(11-9-17)24-13-20(22)21-16(4)19-12-14(2)6-7-15(19)3/h6-12,16H,5,13H2,1-4H3,(H,21,22). The number of rotatable bonds is 7. The van der Waals surface area contributed by atoms with Gasteiger partial charge in [0.25, 0.3) is 0 Å². The molecular weight excluding hydrogens is 318 g/mol. The number of amides is 1. The highest BCUT2D eigenvalue weighted by Crippen LogP contribution is 2.22. The number of ether oxygens (including phenoxy) is 1. The van der Waals surface area contributed by atoms with Gasteiger partial charge in [-0.25, -0.2) is 0 Å². The molecule has 0 bridgehead atoms. The highest BCUT2D eigenvalue weighted by atomic mass is 32.2. The lowest BCUT2D eigenvalue weighted by Crippen LogP contribution is -2.28. The van der Waals surface area contributed by atoms with Gasteiger partial charge in [-0.3, -0.25) is 4.79 Å². The van der Waals surface area contributed by atoms with Crippen molar-refractivity contribution in [2.45, 2.75) is 38.6 Å². The third-order valence-corrected chi connectivity index (χ3v) is 4.80. The predicted octanol–water partition coefficient (Wildman–Crippen LogP) is 4.67. The molecule has 0 heterocycles. The fraction of sp³-hybridized carbons (Fsp3) is 0.350. The Labute approximate surface area is 148 Å². The minimum absolute atomic E-state index is 0.0123. The Balaban J connectivity index is 1.87. The van der Waals surface area contributed by atoms with Crippen molar-refractivity contribution in [3.05, 3.63) is 59.2 Å². The Morgan fingerprint density at radius 3 is 2.54 bits per heavy atom. The van der Waals surface area contributed by atoms with Crippen molar-refractivity contribution in [3.8, 4) is 5.75 Å². The molecule has 0 saturated carbocycles. The molecule has 4 heteroatoms. The molecule has 0 aliphatic rings. The molecule has 3 nitrogen and oxygen atoms in total. The first-order chi connectivity index (χ1) is 11.5. The highest BCUT2D eigenvalue weighted by Gasteiger charge is 2.12. The molecule has 2 aromatic rings. The van der Waals surface area contributed by atoms with E-state index in [4.69, 9.17) is 4.74 Å². The summed E-state index contributed by atoms with van der Waals surface area (Å²) in [6.07, 6.45) is 0. The molecule has 128 valence electrons. The smallest absolute Gasteiger partial charge is 0.230 e. The van der Waals surface area contributed by atoms with Crippen LogP contribution in [0.15, 0.2) is 47.4 Å². The Kier molecular flexibility index (Phi) is 6.73. The first kappa shape index (κ1) is 18.4. The number of benzene rings is 2.